The summed E-state index contributed by atoms with van der Waals surface area (Å²) in [6.07, 6.45) is 1.35. The summed E-state index contributed by atoms with van der Waals surface area (Å²) in [5.41, 5.74) is 5.15. The molecule has 1 aliphatic heterocycles. The molecule has 2 amide bonds. The molecule has 8 heteroatoms. The van der Waals surface area contributed by atoms with E-state index in [0.29, 0.717) is 24.3 Å². The number of carbonyl (C=O) groups is 2. The van der Waals surface area contributed by atoms with Gasteiger partial charge in [0.2, 0.25) is 0 Å². The predicted octanol–water partition coefficient (Wildman–Crippen LogP) is 6.18. The number of nitrogens with zero attached hydrogens (tertiary/aromatic N) is 3. The van der Waals surface area contributed by atoms with E-state index in [2.05, 4.69) is 29.0 Å². The number of likely N-dealkylation sites (tertiary alicyclic amines) is 1. The van der Waals surface area contributed by atoms with E-state index in [1.165, 1.54) is 0 Å². The summed E-state index contributed by atoms with van der Waals surface area (Å²) in [6, 6.07) is 23.1. The third kappa shape index (κ3) is 6.22. The Hall–Kier alpha value is -4.33. The van der Waals surface area contributed by atoms with Gasteiger partial charge in [-0.1, -0.05) is 30.3 Å². The summed E-state index contributed by atoms with van der Waals surface area (Å²) in [7, 11) is 0. The smallest absolute Gasteiger partial charge is 0.410 e. The molecule has 1 aromatic heterocycles. The van der Waals surface area contributed by atoms with Crippen molar-refractivity contribution in [3.8, 4) is 0 Å². The average Bonchev–Trinajstić information content (AvgIpc) is 3.41. The highest BCUT2D eigenvalue weighted by Gasteiger charge is 2.26. The van der Waals surface area contributed by atoms with Crippen LogP contribution in [0.25, 0.3) is 11.0 Å². The van der Waals surface area contributed by atoms with Gasteiger partial charge in [0.1, 0.15) is 12.4 Å². The van der Waals surface area contributed by atoms with E-state index < -0.39 is 0 Å². The van der Waals surface area contributed by atoms with Crippen LogP contribution in [0.3, 0.4) is 0 Å². The van der Waals surface area contributed by atoms with Crippen molar-refractivity contribution in [1.82, 2.24) is 14.9 Å². The Labute approximate surface area is 229 Å². The van der Waals surface area contributed by atoms with Crippen LogP contribution < -0.4 is 10.2 Å². The first kappa shape index (κ1) is 26.3. The lowest BCUT2D eigenvalue weighted by molar-refractivity contribution is 0.0866. The molecule has 1 fully saturated rings. The molecular formula is C31H35N5O3. The number of amides is 2. The van der Waals surface area contributed by atoms with E-state index in [4.69, 9.17) is 9.72 Å². The van der Waals surface area contributed by atoms with Gasteiger partial charge in [-0.2, -0.15) is 0 Å². The standard InChI is InChI=1S/C31H35N5O3/c1-3-35(4-2)26-13-10-24(11-14-26)30(37)32-25-12-15-27-28(20-25)34-29(33-27)23-16-18-36(19-17-23)31(38)39-21-22-8-6-5-7-9-22/h5-15,20,23H,3-4,16-19,21H2,1-2H3,(H,32,37)(H,33,34). The van der Waals surface area contributed by atoms with Crippen LogP contribution in [0.5, 0.6) is 0 Å². The summed E-state index contributed by atoms with van der Waals surface area (Å²) in [4.78, 5) is 37.6. The second-order valence-corrected chi connectivity index (χ2v) is 9.83. The zero-order valence-corrected chi connectivity index (χ0v) is 22.5. The molecule has 1 saturated heterocycles. The second-order valence-electron chi connectivity index (χ2n) is 9.83. The van der Waals surface area contributed by atoms with Gasteiger partial charge in [-0.3, -0.25) is 4.79 Å². The van der Waals surface area contributed by atoms with Gasteiger partial charge in [-0.25, -0.2) is 9.78 Å². The maximum absolute atomic E-state index is 12.8. The number of piperidine rings is 1. The number of aromatic amines is 1. The van der Waals surface area contributed by atoms with Crippen molar-refractivity contribution < 1.29 is 14.3 Å². The van der Waals surface area contributed by atoms with Crippen LogP contribution in [-0.2, 0) is 11.3 Å². The molecule has 5 rings (SSSR count). The molecule has 2 N–H and O–H groups in total. The van der Waals surface area contributed by atoms with Gasteiger partial charge in [-0.15, -0.1) is 0 Å². The largest absolute Gasteiger partial charge is 0.445 e. The fraction of sp³-hybridized carbons (Fsp3) is 0.323. The second kappa shape index (κ2) is 12.0. The van der Waals surface area contributed by atoms with E-state index in [-0.39, 0.29) is 24.5 Å². The molecular weight excluding hydrogens is 490 g/mol. The Kier molecular flexibility index (Phi) is 8.10. The first-order valence-corrected chi connectivity index (χ1v) is 13.7. The topological polar surface area (TPSA) is 90.6 Å². The maximum atomic E-state index is 12.8. The van der Waals surface area contributed by atoms with E-state index in [9.17, 15) is 9.59 Å². The van der Waals surface area contributed by atoms with Gasteiger partial charge in [0, 0.05) is 49.0 Å². The minimum atomic E-state index is -0.273. The van der Waals surface area contributed by atoms with Crippen LogP contribution in [0.1, 0.15) is 54.4 Å². The van der Waals surface area contributed by atoms with Crippen molar-refractivity contribution in [2.24, 2.45) is 0 Å². The normalized spacial score (nSPS) is 13.8. The minimum Gasteiger partial charge on any atom is -0.445 e. The highest BCUT2D eigenvalue weighted by molar-refractivity contribution is 6.05. The van der Waals surface area contributed by atoms with Crippen molar-refractivity contribution in [3.05, 3.63) is 89.7 Å². The number of ether oxygens (including phenoxy) is 1. The van der Waals surface area contributed by atoms with E-state index >= 15 is 0 Å². The third-order valence-corrected chi connectivity index (χ3v) is 7.36. The highest BCUT2D eigenvalue weighted by atomic mass is 16.6. The summed E-state index contributed by atoms with van der Waals surface area (Å²) < 4.78 is 5.49. The predicted molar refractivity (Wildman–Crippen MR) is 154 cm³/mol. The highest BCUT2D eigenvalue weighted by Crippen LogP contribution is 2.29. The number of hydrogen-bond acceptors (Lipinski definition) is 5. The third-order valence-electron chi connectivity index (χ3n) is 7.36. The molecule has 39 heavy (non-hydrogen) atoms. The molecule has 0 bridgehead atoms. The van der Waals surface area contributed by atoms with Gasteiger partial charge in [0.15, 0.2) is 0 Å². The molecule has 0 radical (unpaired) electrons. The summed E-state index contributed by atoms with van der Waals surface area (Å²) in [5.74, 6) is 1.00. The summed E-state index contributed by atoms with van der Waals surface area (Å²) >= 11 is 0. The van der Waals surface area contributed by atoms with Gasteiger partial charge >= 0.3 is 6.09 Å². The Morgan fingerprint density at radius 2 is 1.72 bits per heavy atom. The summed E-state index contributed by atoms with van der Waals surface area (Å²) in [5, 5.41) is 3.00. The Morgan fingerprint density at radius 3 is 2.41 bits per heavy atom. The molecule has 4 aromatic rings. The average molecular weight is 526 g/mol. The zero-order chi connectivity index (χ0) is 27.2. The van der Waals surface area contributed by atoms with Gasteiger partial charge < -0.3 is 24.8 Å². The molecule has 1 aliphatic rings. The van der Waals surface area contributed by atoms with Crippen LogP contribution in [0.15, 0.2) is 72.8 Å². The number of aromatic nitrogens is 2. The number of rotatable bonds is 8. The molecule has 0 spiro atoms. The van der Waals surface area contributed by atoms with Crippen LogP contribution in [0, 0.1) is 0 Å². The fourth-order valence-corrected chi connectivity index (χ4v) is 5.06. The lowest BCUT2D eigenvalue weighted by Crippen LogP contribution is -2.38. The molecule has 2 heterocycles. The molecule has 0 saturated carbocycles. The van der Waals surface area contributed by atoms with Gasteiger partial charge in [0.25, 0.3) is 5.91 Å². The van der Waals surface area contributed by atoms with E-state index in [0.717, 1.165) is 54.0 Å². The van der Waals surface area contributed by atoms with Crippen LogP contribution in [0.2, 0.25) is 0 Å². The van der Waals surface area contributed by atoms with E-state index in [1.807, 2.05) is 72.8 Å². The maximum Gasteiger partial charge on any atom is 0.410 e. The van der Waals surface area contributed by atoms with Gasteiger partial charge in [-0.05, 0) is 74.7 Å². The van der Waals surface area contributed by atoms with Crippen LogP contribution in [-0.4, -0.2) is 53.0 Å². The Morgan fingerprint density at radius 1 is 1.00 bits per heavy atom. The molecule has 8 nitrogen and oxygen atoms in total. The first-order chi connectivity index (χ1) is 19.0. The molecule has 202 valence electrons. The molecule has 0 atom stereocenters. The fourth-order valence-electron chi connectivity index (χ4n) is 5.06. The summed E-state index contributed by atoms with van der Waals surface area (Å²) in [6.45, 7) is 7.63. The quantitative estimate of drug-likeness (QED) is 0.287. The van der Waals surface area contributed by atoms with Crippen LogP contribution in [0.4, 0.5) is 16.2 Å². The number of nitrogens with one attached hydrogen (secondary N) is 2. The molecule has 0 unspecified atom stereocenters. The SMILES string of the molecule is CCN(CC)c1ccc(C(=O)Nc2ccc3nc(C4CCN(C(=O)OCc5ccccc5)CC4)[nH]c3c2)cc1. The number of hydrogen-bond donors (Lipinski definition) is 2. The number of carbonyl (C=O) groups excluding carboxylic acids is 2. The number of H-pyrrole nitrogens is 1. The van der Waals surface area contributed by atoms with Crippen molar-refractivity contribution in [1.29, 1.82) is 0 Å². The lowest BCUT2D eigenvalue weighted by Gasteiger charge is -2.30. The number of benzene rings is 3. The minimum absolute atomic E-state index is 0.147. The number of anilines is 2. The Bertz CT molecular complexity index is 1410. The lowest BCUT2D eigenvalue weighted by atomic mass is 9.96. The van der Waals surface area contributed by atoms with Crippen molar-refractivity contribution in [2.75, 3.05) is 36.4 Å². The first-order valence-electron chi connectivity index (χ1n) is 13.7. The zero-order valence-electron chi connectivity index (χ0n) is 22.5. The molecule has 0 aliphatic carbocycles. The number of fused-ring (bicyclic) bond motifs is 1. The van der Waals surface area contributed by atoms with Gasteiger partial charge in [0.05, 0.1) is 11.0 Å². The van der Waals surface area contributed by atoms with Crippen LogP contribution >= 0.6 is 0 Å². The number of imidazole rings is 1. The Balaban J connectivity index is 1.17. The van der Waals surface area contributed by atoms with Crippen molar-refractivity contribution in [3.63, 3.8) is 0 Å². The monoisotopic (exact) mass is 525 g/mol. The van der Waals surface area contributed by atoms with E-state index in [1.54, 1.807) is 4.90 Å². The molecule has 3 aromatic carbocycles. The van der Waals surface area contributed by atoms with Crippen molar-refractivity contribution >= 4 is 34.4 Å². The van der Waals surface area contributed by atoms with Crippen molar-refractivity contribution in [2.45, 2.75) is 39.2 Å².